The molecule has 0 aromatic carbocycles. The van der Waals surface area contributed by atoms with Crippen LogP contribution in [0.15, 0.2) is 5.38 Å². The van der Waals surface area contributed by atoms with Crippen LogP contribution in [0, 0.1) is 17.8 Å². The molecule has 2 atom stereocenters. The van der Waals surface area contributed by atoms with Gasteiger partial charge in [0.15, 0.2) is 5.13 Å². The number of rotatable bonds is 7. The zero-order chi connectivity index (χ0) is 17.8. The number of carbonyl (C=O) groups is 2. The van der Waals surface area contributed by atoms with E-state index in [1.54, 1.807) is 0 Å². The van der Waals surface area contributed by atoms with Gasteiger partial charge in [-0.3, -0.25) is 14.5 Å². The molecule has 0 bridgehead atoms. The molecule has 2 fully saturated rings. The van der Waals surface area contributed by atoms with E-state index in [9.17, 15) is 9.59 Å². The molecule has 2 unspecified atom stereocenters. The third kappa shape index (κ3) is 5.51. The van der Waals surface area contributed by atoms with E-state index in [0.717, 1.165) is 37.7 Å². The third-order valence-corrected chi connectivity index (χ3v) is 5.96. The van der Waals surface area contributed by atoms with E-state index in [-0.39, 0.29) is 24.2 Å². The lowest BCUT2D eigenvalue weighted by Gasteiger charge is -2.29. The Hall–Kier alpha value is -1.47. The van der Waals surface area contributed by atoms with Crippen LogP contribution in [0.25, 0.3) is 0 Å². The average molecular weight is 365 g/mol. The largest absolute Gasteiger partial charge is 0.355 e. The summed E-state index contributed by atoms with van der Waals surface area (Å²) in [6.07, 6.45) is 3.75. The number of piperidine rings is 1. The van der Waals surface area contributed by atoms with Gasteiger partial charge >= 0.3 is 0 Å². The minimum absolute atomic E-state index is 0.0766. The molecule has 1 aliphatic heterocycles. The molecule has 6 nitrogen and oxygen atoms in total. The number of hydrogen-bond acceptors (Lipinski definition) is 5. The number of hydrogen-bond donors (Lipinski definition) is 2. The van der Waals surface area contributed by atoms with E-state index in [1.807, 2.05) is 5.38 Å². The van der Waals surface area contributed by atoms with Crippen LogP contribution in [0.2, 0.25) is 0 Å². The second-order valence-electron chi connectivity index (χ2n) is 7.51. The van der Waals surface area contributed by atoms with Gasteiger partial charge < -0.3 is 10.6 Å². The van der Waals surface area contributed by atoms with Gasteiger partial charge in [-0.05, 0) is 44.2 Å². The summed E-state index contributed by atoms with van der Waals surface area (Å²) in [5, 5.41) is 8.33. The number of thiazole rings is 1. The van der Waals surface area contributed by atoms with Gasteiger partial charge in [0.1, 0.15) is 0 Å². The van der Waals surface area contributed by atoms with Crippen molar-refractivity contribution in [3.05, 3.63) is 11.1 Å². The van der Waals surface area contributed by atoms with E-state index < -0.39 is 0 Å². The van der Waals surface area contributed by atoms with Gasteiger partial charge in [0.2, 0.25) is 11.8 Å². The fourth-order valence-corrected chi connectivity index (χ4v) is 3.90. The van der Waals surface area contributed by atoms with E-state index in [4.69, 9.17) is 0 Å². The fourth-order valence-electron chi connectivity index (χ4n) is 3.19. The molecule has 1 aliphatic carbocycles. The highest BCUT2D eigenvalue weighted by Gasteiger charge is 2.38. The van der Waals surface area contributed by atoms with Crippen LogP contribution in [0.3, 0.4) is 0 Å². The first kappa shape index (κ1) is 18.3. The third-order valence-electron chi connectivity index (χ3n) is 5.16. The standard InChI is InChI=1S/C18H28N4O2S/c1-12-4-7-22(8-5-12)10-14-11-25-18(20-14)21-16(23)3-6-19-17(24)15-9-13(15)2/h11-13,15H,3-10H2,1-2H3,(H,19,24)(H,20,21,23). The molecule has 7 heteroatoms. The van der Waals surface area contributed by atoms with Crippen molar-refractivity contribution in [2.75, 3.05) is 25.0 Å². The molecule has 1 saturated carbocycles. The summed E-state index contributed by atoms with van der Waals surface area (Å²) in [5.74, 6) is 1.45. The number of aromatic nitrogens is 1. The molecule has 0 spiro atoms. The fraction of sp³-hybridized carbons (Fsp3) is 0.722. The monoisotopic (exact) mass is 364 g/mol. The number of amides is 2. The quantitative estimate of drug-likeness (QED) is 0.779. The first-order valence-corrected chi connectivity index (χ1v) is 10.1. The van der Waals surface area contributed by atoms with Crippen molar-refractivity contribution in [1.82, 2.24) is 15.2 Å². The summed E-state index contributed by atoms with van der Waals surface area (Å²) in [6, 6.07) is 0. The van der Waals surface area contributed by atoms with Gasteiger partial charge in [0, 0.05) is 30.8 Å². The van der Waals surface area contributed by atoms with Crippen molar-refractivity contribution in [3.63, 3.8) is 0 Å². The van der Waals surface area contributed by atoms with Gasteiger partial charge in [-0.1, -0.05) is 13.8 Å². The van der Waals surface area contributed by atoms with Crippen molar-refractivity contribution in [2.45, 2.75) is 46.1 Å². The normalized spacial score (nSPS) is 24.1. The molecular weight excluding hydrogens is 336 g/mol. The first-order valence-electron chi connectivity index (χ1n) is 9.25. The molecule has 2 heterocycles. The lowest BCUT2D eigenvalue weighted by Crippen LogP contribution is -2.32. The number of likely N-dealkylation sites (tertiary alicyclic amines) is 1. The second kappa shape index (κ2) is 8.27. The predicted molar refractivity (Wildman–Crippen MR) is 99.3 cm³/mol. The Morgan fingerprint density at radius 3 is 2.72 bits per heavy atom. The lowest BCUT2D eigenvalue weighted by molar-refractivity contribution is -0.122. The van der Waals surface area contributed by atoms with Gasteiger partial charge in [-0.2, -0.15) is 0 Å². The molecule has 1 aromatic heterocycles. The number of anilines is 1. The van der Waals surface area contributed by atoms with Gasteiger partial charge in [-0.15, -0.1) is 11.3 Å². The zero-order valence-corrected chi connectivity index (χ0v) is 15.9. The van der Waals surface area contributed by atoms with Crippen molar-refractivity contribution in [3.8, 4) is 0 Å². The van der Waals surface area contributed by atoms with Crippen molar-refractivity contribution >= 4 is 28.3 Å². The number of carbonyl (C=O) groups excluding carboxylic acids is 2. The van der Waals surface area contributed by atoms with Gasteiger partial charge in [0.25, 0.3) is 0 Å². The SMILES string of the molecule is CC1CCN(Cc2csc(NC(=O)CCNC(=O)C3CC3C)n2)CC1. The van der Waals surface area contributed by atoms with E-state index in [2.05, 4.69) is 34.4 Å². The van der Waals surface area contributed by atoms with Crippen LogP contribution in [0.1, 0.15) is 45.2 Å². The molecule has 2 amide bonds. The van der Waals surface area contributed by atoms with Crippen molar-refractivity contribution < 1.29 is 9.59 Å². The van der Waals surface area contributed by atoms with Crippen LogP contribution in [-0.2, 0) is 16.1 Å². The summed E-state index contributed by atoms with van der Waals surface area (Å²) in [4.78, 5) is 30.6. The first-order chi connectivity index (χ1) is 12.0. The minimum Gasteiger partial charge on any atom is -0.355 e. The zero-order valence-electron chi connectivity index (χ0n) is 15.1. The maximum atomic E-state index is 12.0. The Morgan fingerprint density at radius 2 is 2.04 bits per heavy atom. The summed E-state index contributed by atoms with van der Waals surface area (Å²) in [6.45, 7) is 7.87. The summed E-state index contributed by atoms with van der Waals surface area (Å²) < 4.78 is 0. The Kier molecular flexibility index (Phi) is 6.06. The molecule has 1 saturated heterocycles. The number of nitrogens with zero attached hydrogens (tertiary/aromatic N) is 2. The lowest BCUT2D eigenvalue weighted by atomic mass is 9.99. The highest BCUT2D eigenvalue weighted by molar-refractivity contribution is 7.13. The summed E-state index contributed by atoms with van der Waals surface area (Å²) in [5.41, 5.74) is 1.02. The molecular formula is C18H28N4O2S. The summed E-state index contributed by atoms with van der Waals surface area (Å²) >= 11 is 1.46. The van der Waals surface area contributed by atoms with Crippen LogP contribution in [-0.4, -0.2) is 41.3 Å². The minimum atomic E-state index is -0.100. The van der Waals surface area contributed by atoms with Gasteiger partial charge in [-0.25, -0.2) is 4.98 Å². The molecule has 138 valence electrons. The molecule has 2 N–H and O–H groups in total. The highest BCUT2D eigenvalue weighted by atomic mass is 32.1. The smallest absolute Gasteiger partial charge is 0.227 e. The Labute approximate surface area is 153 Å². The molecule has 2 aliphatic rings. The predicted octanol–water partition coefficient (Wildman–Crippen LogP) is 2.48. The van der Waals surface area contributed by atoms with E-state index >= 15 is 0 Å². The number of nitrogens with one attached hydrogen (secondary N) is 2. The average Bonchev–Trinajstić information content (AvgIpc) is 3.15. The Bertz CT molecular complexity index is 610. The van der Waals surface area contributed by atoms with Crippen molar-refractivity contribution in [1.29, 1.82) is 0 Å². The maximum Gasteiger partial charge on any atom is 0.227 e. The topological polar surface area (TPSA) is 74.3 Å². The molecule has 3 rings (SSSR count). The molecule has 25 heavy (non-hydrogen) atoms. The molecule has 1 aromatic rings. The van der Waals surface area contributed by atoms with Gasteiger partial charge in [0.05, 0.1) is 5.69 Å². The van der Waals surface area contributed by atoms with Crippen molar-refractivity contribution in [2.24, 2.45) is 17.8 Å². The maximum absolute atomic E-state index is 12.0. The second-order valence-corrected chi connectivity index (χ2v) is 8.37. The van der Waals surface area contributed by atoms with Crippen LogP contribution in [0.4, 0.5) is 5.13 Å². The van der Waals surface area contributed by atoms with E-state index in [0.29, 0.717) is 17.6 Å². The van der Waals surface area contributed by atoms with Crippen LogP contribution >= 0.6 is 11.3 Å². The Balaban J connectivity index is 1.35. The highest BCUT2D eigenvalue weighted by Crippen LogP contribution is 2.37. The Morgan fingerprint density at radius 1 is 1.32 bits per heavy atom. The summed E-state index contributed by atoms with van der Waals surface area (Å²) in [7, 11) is 0. The van der Waals surface area contributed by atoms with E-state index in [1.165, 1.54) is 24.2 Å². The van der Waals surface area contributed by atoms with Crippen LogP contribution < -0.4 is 10.6 Å². The molecule has 0 radical (unpaired) electrons. The van der Waals surface area contributed by atoms with Crippen LogP contribution in [0.5, 0.6) is 0 Å².